The lowest BCUT2D eigenvalue weighted by Gasteiger charge is -2.35. The van der Waals surface area contributed by atoms with Gasteiger partial charge in [0.25, 0.3) is 5.91 Å². The van der Waals surface area contributed by atoms with Crippen LogP contribution >= 0.6 is 0 Å². The third kappa shape index (κ3) is 4.39. The van der Waals surface area contributed by atoms with E-state index in [1.54, 1.807) is 6.92 Å². The fourth-order valence-corrected chi connectivity index (χ4v) is 4.00. The molecule has 2 aliphatic heterocycles. The van der Waals surface area contributed by atoms with Crippen LogP contribution in [0, 0.1) is 0 Å². The zero-order chi connectivity index (χ0) is 20.2. The van der Waals surface area contributed by atoms with Gasteiger partial charge in [0, 0.05) is 44.7 Å². The molecule has 2 aromatic rings. The maximum atomic E-state index is 12.9. The van der Waals surface area contributed by atoms with Gasteiger partial charge in [-0.05, 0) is 31.4 Å². The maximum Gasteiger partial charge on any atom is 0.261 e. The molecule has 1 saturated heterocycles. The minimum absolute atomic E-state index is 0.0129. The van der Waals surface area contributed by atoms with Crippen molar-refractivity contribution in [1.82, 2.24) is 19.8 Å². The van der Waals surface area contributed by atoms with Crippen LogP contribution in [0.3, 0.4) is 0 Å². The van der Waals surface area contributed by atoms with Crippen molar-refractivity contribution in [3.63, 3.8) is 0 Å². The largest absolute Gasteiger partial charge is 0.484 e. The molecule has 0 aliphatic carbocycles. The van der Waals surface area contributed by atoms with Crippen LogP contribution in [0.2, 0.25) is 0 Å². The van der Waals surface area contributed by atoms with Crippen molar-refractivity contribution < 1.29 is 14.3 Å². The first kappa shape index (κ1) is 19.4. The van der Waals surface area contributed by atoms with Crippen molar-refractivity contribution in [2.45, 2.75) is 45.2 Å². The van der Waals surface area contributed by atoms with Crippen molar-refractivity contribution in [3.05, 3.63) is 53.6 Å². The van der Waals surface area contributed by atoms with Gasteiger partial charge in [-0.1, -0.05) is 18.2 Å². The molecule has 1 aromatic heterocycles. The summed E-state index contributed by atoms with van der Waals surface area (Å²) in [4.78, 5) is 37.5. The van der Waals surface area contributed by atoms with Gasteiger partial charge in [0.05, 0.1) is 11.7 Å². The number of carbonyl (C=O) groups excluding carboxylic acids is 2. The van der Waals surface area contributed by atoms with Gasteiger partial charge in [0.1, 0.15) is 5.75 Å². The minimum Gasteiger partial charge on any atom is -0.484 e. The number of piperidine rings is 1. The molecular weight excluding hydrogens is 368 g/mol. The Hall–Kier alpha value is -2.96. The molecule has 2 amide bonds. The number of fused-ring (bicyclic) bond motifs is 1. The Bertz CT molecular complexity index is 887. The second-order valence-electron chi connectivity index (χ2n) is 7.59. The number of para-hydroxylation sites is 1. The van der Waals surface area contributed by atoms with Crippen LogP contribution in [0.1, 0.15) is 49.3 Å². The molecule has 0 saturated carbocycles. The Morgan fingerprint density at radius 3 is 2.79 bits per heavy atom. The Balaban J connectivity index is 1.47. The topological polar surface area (TPSA) is 75.6 Å². The highest BCUT2D eigenvalue weighted by Crippen LogP contribution is 2.30. The zero-order valence-corrected chi connectivity index (χ0v) is 16.7. The van der Waals surface area contributed by atoms with E-state index in [1.165, 1.54) is 0 Å². The number of nitrogens with zero attached hydrogens (tertiary/aromatic N) is 4. The number of benzene rings is 1. The SMILES string of the molecule is CC(=O)N1CCc2nc([C@H]3CCCCN3C(=O)COc3ccccc3)ncc2C1. The summed E-state index contributed by atoms with van der Waals surface area (Å²) in [5.41, 5.74) is 1.99. The average molecular weight is 394 g/mol. The highest BCUT2D eigenvalue weighted by Gasteiger charge is 2.31. The number of amides is 2. The number of hydrogen-bond acceptors (Lipinski definition) is 5. The zero-order valence-electron chi connectivity index (χ0n) is 16.7. The number of carbonyl (C=O) groups is 2. The molecule has 7 heteroatoms. The quantitative estimate of drug-likeness (QED) is 0.797. The van der Waals surface area contributed by atoms with Crippen LogP contribution < -0.4 is 4.74 Å². The van der Waals surface area contributed by atoms with Gasteiger partial charge in [-0.2, -0.15) is 0 Å². The highest BCUT2D eigenvalue weighted by molar-refractivity contribution is 5.78. The molecule has 1 aromatic carbocycles. The van der Waals surface area contributed by atoms with Gasteiger partial charge < -0.3 is 14.5 Å². The summed E-state index contributed by atoms with van der Waals surface area (Å²) < 4.78 is 5.66. The van der Waals surface area contributed by atoms with E-state index < -0.39 is 0 Å². The van der Waals surface area contributed by atoms with Crippen LogP contribution in [0.5, 0.6) is 5.75 Å². The van der Waals surface area contributed by atoms with E-state index in [0.29, 0.717) is 31.2 Å². The van der Waals surface area contributed by atoms with Crippen LogP contribution in [0.4, 0.5) is 0 Å². The Morgan fingerprint density at radius 2 is 2.00 bits per heavy atom. The molecule has 1 atom stereocenters. The van der Waals surface area contributed by atoms with Crippen molar-refractivity contribution in [2.75, 3.05) is 19.7 Å². The molecule has 2 aliphatic rings. The smallest absolute Gasteiger partial charge is 0.261 e. The fourth-order valence-electron chi connectivity index (χ4n) is 4.00. The van der Waals surface area contributed by atoms with E-state index in [2.05, 4.69) is 4.98 Å². The Kier molecular flexibility index (Phi) is 5.74. The Morgan fingerprint density at radius 1 is 1.17 bits per heavy atom. The summed E-state index contributed by atoms with van der Waals surface area (Å²) in [7, 11) is 0. The first-order valence-corrected chi connectivity index (χ1v) is 10.2. The molecule has 4 rings (SSSR count). The lowest BCUT2D eigenvalue weighted by atomic mass is 10.00. The fraction of sp³-hybridized carbons (Fsp3) is 0.455. The summed E-state index contributed by atoms with van der Waals surface area (Å²) in [5, 5.41) is 0. The molecule has 0 radical (unpaired) electrons. The average Bonchev–Trinajstić information content (AvgIpc) is 2.77. The van der Waals surface area contributed by atoms with Crippen LogP contribution in [0.25, 0.3) is 0 Å². The maximum absolute atomic E-state index is 12.9. The number of likely N-dealkylation sites (tertiary alicyclic amines) is 1. The molecule has 1 fully saturated rings. The molecule has 29 heavy (non-hydrogen) atoms. The highest BCUT2D eigenvalue weighted by atomic mass is 16.5. The van der Waals surface area contributed by atoms with Crippen LogP contribution in [-0.4, -0.2) is 51.3 Å². The van der Waals surface area contributed by atoms with Gasteiger partial charge in [-0.3, -0.25) is 9.59 Å². The Labute approximate surface area is 170 Å². The van der Waals surface area contributed by atoms with Crippen molar-refractivity contribution in [3.8, 4) is 5.75 Å². The van der Waals surface area contributed by atoms with E-state index in [4.69, 9.17) is 9.72 Å². The molecule has 0 N–H and O–H groups in total. The predicted octanol–water partition coefficient (Wildman–Crippen LogP) is 2.51. The van der Waals surface area contributed by atoms with Crippen molar-refractivity contribution in [1.29, 1.82) is 0 Å². The summed E-state index contributed by atoms with van der Waals surface area (Å²) in [5.74, 6) is 1.42. The van der Waals surface area contributed by atoms with Crippen LogP contribution in [0.15, 0.2) is 36.5 Å². The molecule has 0 spiro atoms. The van der Waals surface area contributed by atoms with Gasteiger partial charge in [0.2, 0.25) is 5.91 Å². The lowest BCUT2D eigenvalue weighted by molar-refractivity contribution is -0.137. The number of rotatable bonds is 4. The molecule has 3 heterocycles. The summed E-state index contributed by atoms with van der Waals surface area (Å²) >= 11 is 0. The van der Waals surface area contributed by atoms with E-state index >= 15 is 0 Å². The molecular formula is C22H26N4O3. The molecule has 152 valence electrons. The lowest BCUT2D eigenvalue weighted by Crippen LogP contribution is -2.42. The molecule has 7 nitrogen and oxygen atoms in total. The normalized spacial score (nSPS) is 18.9. The van der Waals surface area contributed by atoms with E-state index in [0.717, 1.165) is 36.9 Å². The van der Waals surface area contributed by atoms with E-state index in [-0.39, 0.29) is 24.5 Å². The van der Waals surface area contributed by atoms with Gasteiger partial charge in [0.15, 0.2) is 12.4 Å². The third-order valence-corrected chi connectivity index (χ3v) is 5.62. The van der Waals surface area contributed by atoms with Crippen LogP contribution in [-0.2, 0) is 22.6 Å². The second kappa shape index (κ2) is 8.59. The monoisotopic (exact) mass is 394 g/mol. The number of aromatic nitrogens is 2. The molecule has 0 unspecified atom stereocenters. The summed E-state index contributed by atoms with van der Waals surface area (Å²) in [6.07, 6.45) is 5.43. The van der Waals surface area contributed by atoms with Gasteiger partial charge >= 0.3 is 0 Å². The van der Waals surface area contributed by atoms with Crippen molar-refractivity contribution in [2.24, 2.45) is 0 Å². The first-order valence-electron chi connectivity index (χ1n) is 10.2. The first-order chi connectivity index (χ1) is 14.1. The standard InChI is InChI=1S/C22H26N4O3/c1-16(27)25-12-10-19-17(14-25)13-23-22(24-19)20-9-5-6-11-26(20)21(28)15-29-18-7-3-2-4-8-18/h2-4,7-8,13,20H,5-6,9-12,14-15H2,1H3/t20-/m1/s1. The summed E-state index contributed by atoms with van der Waals surface area (Å²) in [6, 6.07) is 9.26. The predicted molar refractivity (Wildman–Crippen MR) is 107 cm³/mol. The molecule has 0 bridgehead atoms. The van der Waals surface area contributed by atoms with E-state index in [1.807, 2.05) is 46.3 Å². The van der Waals surface area contributed by atoms with Gasteiger partial charge in [-0.15, -0.1) is 0 Å². The summed E-state index contributed by atoms with van der Waals surface area (Å²) in [6.45, 7) is 3.53. The van der Waals surface area contributed by atoms with Crippen molar-refractivity contribution >= 4 is 11.8 Å². The second-order valence-corrected chi connectivity index (χ2v) is 7.59. The number of ether oxygens (including phenoxy) is 1. The third-order valence-electron chi connectivity index (χ3n) is 5.62. The minimum atomic E-state index is -0.119. The van der Waals surface area contributed by atoms with E-state index in [9.17, 15) is 9.59 Å². The number of hydrogen-bond donors (Lipinski definition) is 0. The van der Waals surface area contributed by atoms with Gasteiger partial charge in [-0.25, -0.2) is 9.97 Å².